The Morgan fingerprint density at radius 2 is 1.38 bits per heavy atom. The van der Waals surface area contributed by atoms with Gasteiger partial charge in [0.05, 0.1) is 11.2 Å². The molecule has 1 nitrogen and oxygen atoms in total. The second-order valence-electron chi connectivity index (χ2n) is 8.06. The number of hydrogen-bond acceptors (Lipinski definition) is 0. The van der Waals surface area contributed by atoms with Gasteiger partial charge in [-0.2, -0.15) is 0 Å². The number of para-hydroxylation sites is 2. The number of nitrogens with zero attached hydrogens (tertiary/aromatic N) is 1. The Balaban J connectivity index is 2.07. The Hall–Kier alpha value is -2.80. The zero-order chi connectivity index (χ0) is 18.3. The highest BCUT2D eigenvalue weighted by Gasteiger charge is 2.21. The first kappa shape index (κ1) is 16.7. The average Bonchev–Trinajstić information content (AvgIpc) is 3.01. The molecule has 4 rings (SSSR count). The third-order valence-corrected chi connectivity index (χ3v) is 5.01. The third kappa shape index (κ3) is 2.84. The Bertz CT molecular complexity index is 1060. The molecule has 0 atom stereocenters. The molecule has 3 aromatic carbocycles. The SMILES string of the molecule is Cc1ccc(-c2cc3ccccc3n2-c2ccccc2C(C)(C)C)cc1. The van der Waals surface area contributed by atoms with E-state index in [1.165, 1.54) is 39.0 Å². The number of hydrogen-bond donors (Lipinski definition) is 0. The van der Waals surface area contributed by atoms with Gasteiger partial charge < -0.3 is 4.57 Å². The fourth-order valence-corrected chi connectivity index (χ4v) is 3.65. The highest BCUT2D eigenvalue weighted by atomic mass is 15.0. The Kier molecular flexibility index (Phi) is 3.96. The van der Waals surface area contributed by atoms with E-state index in [0.717, 1.165) is 0 Å². The molecule has 0 aliphatic rings. The van der Waals surface area contributed by atoms with Gasteiger partial charge >= 0.3 is 0 Å². The molecule has 0 aliphatic carbocycles. The van der Waals surface area contributed by atoms with E-state index in [9.17, 15) is 0 Å². The Morgan fingerprint density at radius 1 is 0.731 bits per heavy atom. The molecule has 4 aromatic rings. The van der Waals surface area contributed by atoms with Crippen LogP contribution in [0.4, 0.5) is 0 Å². The van der Waals surface area contributed by atoms with Gasteiger partial charge in [0, 0.05) is 11.1 Å². The first-order valence-corrected chi connectivity index (χ1v) is 9.22. The van der Waals surface area contributed by atoms with E-state index >= 15 is 0 Å². The first-order chi connectivity index (χ1) is 12.4. The van der Waals surface area contributed by atoms with Gasteiger partial charge in [-0.3, -0.25) is 0 Å². The highest BCUT2D eigenvalue weighted by Crippen LogP contribution is 2.36. The van der Waals surface area contributed by atoms with Crippen molar-refractivity contribution < 1.29 is 0 Å². The maximum absolute atomic E-state index is 2.42. The molecule has 0 N–H and O–H groups in total. The van der Waals surface area contributed by atoms with Crippen LogP contribution in [0.25, 0.3) is 27.8 Å². The fourth-order valence-electron chi connectivity index (χ4n) is 3.65. The number of aryl methyl sites for hydroxylation is 1. The van der Waals surface area contributed by atoms with Gasteiger partial charge in [0.2, 0.25) is 0 Å². The largest absolute Gasteiger partial charge is 0.309 e. The van der Waals surface area contributed by atoms with Crippen LogP contribution in [0.5, 0.6) is 0 Å². The summed E-state index contributed by atoms with van der Waals surface area (Å²) in [7, 11) is 0. The van der Waals surface area contributed by atoms with Crippen LogP contribution >= 0.6 is 0 Å². The quantitative estimate of drug-likeness (QED) is 0.374. The normalized spacial score (nSPS) is 11.8. The van der Waals surface area contributed by atoms with Crippen molar-refractivity contribution in [2.24, 2.45) is 0 Å². The van der Waals surface area contributed by atoms with E-state index in [-0.39, 0.29) is 5.41 Å². The molecule has 0 saturated carbocycles. The van der Waals surface area contributed by atoms with E-state index in [4.69, 9.17) is 0 Å². The number of fused-ring (bicyclic) bond motifs is 1. The summed E-state index contributed by atoms with van der Waals surface area (Å²) >= 11 is 0. The van der Waals surface area contributed by atoms with Gasteiger partial charge in [0.25, 0.3) is 0 Å². The molecule has 0 unspecified atom stereocenters. The molecule has 26 heavy (non-hydrogen) atoms. The second-order valence-corrected chi connectivity index (χ2v) is 8.06. The molecule has 1 heteroatoms. The molecule has 0 bridgehead atoms. The predicted molar refractivity (Wildman–Crippen MR) is 112 cm³/mol. The molecule has 130 valence electrons. The van der Waals surface area contributed by atoms with Gasteiger partial charge in [0.1, 0.15) is 0 Å². The summed E-state index contributed by atoms with van der Waals surface area (Å²) in [5, 5.41) is 1.27. The average molecular weight is 339 g/mol. The van der Waals surface area contributed by atoms with Crippen molar-refractivity contribution in [3.63, 3.8) is 0 Å². The van der Waals surface area contributed by atoms with Crippen molar-refractivity contribution in [3.05, 3.63) is 90.0 Å². The van der Waals surface area contributed by atoms with Gasteiger partial charge in [-0.05, 0) is 41.7 Å². The molecule has 0 fully saturated rings. The molecule has 1 heterocycles. The minimum absolute atomic E-state index is 0.0759. The van der Waals surface area contributed by atoms with Gasteiger partial charge in [-0.15, -0.1) is 0 Å². The topological polar surface area (TPSA) is 4.93 Å². The van der Waals surface area contributed by atoms with Crippen LogP contribution in [0.3, 0.4) is 0 Å². The smallest absolute Gasteiger partial charge is 0.0541 e. The molecule has 0 amide bonds. The monoisotopic (exact) mass is 339 g/mol. The first-order valence-electron chi connectivity index (χ1n) is 9.22. The van der Waals surface area contributed by atoms with Crippen molar-refractivity contribution in [1.82, 2.24) is 4.57 Å². The highest BCUT2D eigenvalue weighted by molar-refractivity contribution is 5.89. The lowest BCUT2D eigenvalue weighted by atomic mass is 9.85. The standard InChI is InChI=1S/C25H25N/c1-18-13-15-19(16-14-18)24-17-20-9-5-7-11-22(20)26(24)23-12-8-6-10-21(23)25(2,3)4/h5-17H,1-4H3. The molecule has 0 spiro atoms. The number of aromatic nitrogens is 1. The van der Waals surface area contributed by atoms with E-state index in [0.29, 0.717) is 0 Å². The molecule has 0 radical (unpaired) electrons. The summed E-state index contributed by atoms with van der Waals surface area (Å²) in [6.45, 7) is 8.98. The summed E-state index contributed by atoms with van der Waals surface area (Å²) in [5.41, 5.74) is 7.71. The van der Waals surface area contributed by atoms with E-state index in [1.807, 2.05) is 0 Å². The Labute approximate surface area is 155 Å². The zero-order valence-electron chi connectivity index (χ0n) is 16.0. The van der Waals surface area contributed by atoms with Crippen LogP contribution in [0.2, 0.25) is 0 Å². The molecular formula is C25H25N. The molecule has 1 aromatic heterocycles. The van der Waals surface area contributed by atoms with Crippen molar-refractivity contribution in [2.45, 2.75) is 33.1 Å². The van der Waals surface area contributed by atoms with E-state index in [2.05, 4.69) is 111 Å². The lowest BCUT2D eigenvalue weighted by Crippen LogP contribution is -2.15. The van der Waals surface area contributed by atoms with Crippen LogP contribution in [0.1, 0.15) is 31.9 Å². The summed E-state index contributed by atoms with van der Waals surface area (Å²) in [4.78, 5) is 0. The molecular weight excluding hydrogens is 314 g/mol. The van der Waals surface area contributed by atoms with Gasteiger partial charge in [0.15, 0.2) is 0 Å². The van der Waals surface area contributed by atoms with Crippen molar-refractivity contribution in [2.75, 3.05) is 0 Å². The minimum Gasteiger partial charge on any atom is -0.309 e. The van der Waals surface area contributed by atoms with Crippen LogP contribution in [0, 0.1) is 6.92 Å². The Morgan fingerprint density at radius 3 is 2.12 bits per heavy atom. The predicted octanol–water partition coefficient (Wildman–Crippen LogP) is 6.90. The number of benzene rings is 3. The van der Waals surface area contributed by atoms with Crippen molar-refractivity contribution in [1.29, 1.82) is 0 Å². The van der Waals surface area contributed by atoms with Crippen molar-refractivity contribution >= 4 is 10.9 Å². The summed E-state index contributed by atoms with van der Waals surface area (Å²) < 4.78 is 2.42. The van der Waals surface area contributed by atoms with Crippen molar-refractivity contribution in [3.8, 4) is 16.9 Å². The minimum atomic E-state index is 0.0759. The third-order valence-electron chi connectivity index (χ3n) is 5.01. The van der Waals surface area contributed by atoms with Crippen LogP contribution in [-0.4, -0.2) is 4.57 Å². The lowest BCUT2D eigenvalue weighted by molar-refractivity contribution is 0.587. The van der Waals surface area contributed by atoms with E-state index < -0.39 is 0 Å². The lowest BCUT2D eigenvalue weighted by Gasteiger charge is -2.25. The number of rotatable bonds is 2. The summed E-state index contributed by atoms with van der Waals surface area (Å²) in [6.07, 6.45) is 0. The molecule has 0 aliphatic heterocycles. The van der Waals surface area contributed by atoms with E-state index in [1.54, 1.807) is 0 Å². The maximum Gasteiger partial charge on any atom is 0.0541 e. The van der Waals surface area contributed by atoms with Crippen LogP contribution in [0.15, 0.2) is 78.9 Å². The van der Waals surface area contributed by atoms with Gasteiger partial charge in [-0.1, -0.05) is 87.0 Å². The van der Waals surface area contributed by atoms with Crippen LogP contribution in [-0.2, 0) is 5.41 Å². The van der Waals surface area contributed by atoms with Crippen LogP contribution < -0.4 is 0 Å². The zero-order valence-corrected chi connectivity index (χ0v) is 16.0. The summed E-state index contributed by atoms with van der Waals surface area (Å²) in [5.74, 6) is 0. The molecule has 0 saturated heterocycles. The van der Waals surface area contributed by atoms with Gasteiger partial charge in [-0.25, -0.2) is 0 Å². The second kappa shape index (κ2) is 6.17. The maximum atomic E-state index is 2.42. The summed E-state index contributed by atoms with van der Waals surface area (Å²) in [6, 6.07) is 28.5. The fraction of sp³-hybridized carbons (Fsp3) is 0.200.